The van der Waals surface area contributed by atoms with Gasteiger partial charge in [-0.05, 0) is 0 Å². The van der Waals surface area contributed by atoms with Gasteiger partial charge >= 0.3 is 10.3 Å². The van der Waals surface area contributed by atoms with Crippen molar-refractivity contribution >= 4 is 16.6 Å². The molecule has 0 saturated heterocycles. The lowest BCUT2D eigenvalue weighted by Gasteiger charge is -1.97. The Morgan fingerprint density at radius 3 is 2.50 bits per heavy atom. The fraction of sp³-hybridized carbons (Fsp3) is 0.750. The summed E-state index contributed by atoms with van der Waals surface area (Å²) in [6, 6.07) is 0. The molecule has 0 bridgehead atoms. The van der Waals surface area contributed by atoms with Crippen LogP contribution in [0.25, 0.3) is 0 Å². The molecular formula is C4H9N2O3S+. The van der Waals surface area contributed by atoms with E-state index in [9.17, 15) is 8.42 Å². The lowest BCUT2D eigenvalue weighted by Crippen LogP contribution is -2.26. The minimum atomic E-state index is -4.00. The molecule has 1 heterocycles. The van der Waals surface area contributed by atoms with Gasteiger partial charge in [-0.3, -0.25) is 9.13 Å². The summed E-state index contributed by atoms with van der Waals surface area (Å²) in [5.41, 5.74) is 0. The molecule has 0 aromatic heterocycles. The molecule has 0 radical (unpaired) electrons. The summed E-state index contributed by atoms with van der Waals surface area (Å²) in [5, 5.41) is 0. The smallest absolute Gasteiger partial charge is 0.266 e. The maximum Gasteiger partial charge on any atom is 0.434 e. The van der Waals surface area contributed by atoms with Gasteiger partial charge in [0.05, 0.1) is 7.05 Å². The van der Waals surface area contributed by atoms with Crippen molar-refractivity contribution in [3.05, 3.63) is 0 Å². The van der Waals surface area contributed by atoms with Crippen molar-refractivity contribution in [3.8, 4) is 0 Å². The van der Waals surface area contributed by atoms with Gasteiger partial charge in [0.1, 0.15) is 13.1 Å². The Morgan fingerprint density at radius 1 is 1.70 bits per heavy atom. The van der Waals surface area contributed by atoms with Crippen molar-refractivity contribution in [2.24, 2.45) is 0 Å². The third kappa shape index (κ3) is 1.45. The van der Waals surface area contributed by atoms with Crippen LogP contribution >= 0.6 is 0 Å². The molecule has 1 rings (SSSR count). The SMILES string of the molecule is C[N+]1=CN(S(=O)(=O)O)CC1. The molecule has 1 aliphatic rings. The zero-order valence-corrected chi connectivity index (χ0v) is 6.37. The topological polar surface area (TPSA) is 60.6 Å². The summed E-state index contributed by atoms with van der Waals surface area (Å²) in [4.78, 5) is 0. The molecule has 0 fully saturated rings. The predicted molar refractivity (Wildman–Crippen MR) is 35.4 cm³/mol. The Kier molecular flexibility index (Phi) is 1.65. The molecule has 0 aliphatic carbocycles. The standard InChI is InChI=1S/C4H8N2O3S/c1-5-2-3-6(4-5)10(7,8)9/h4H,2-3H2,1H3/p+1. The maximum absolute atomic E-state index is 10.4. The number of rotatable bonds is 1. The average molecular weight is 165 g/mol. The molecule has 0 spiro atoms. The third-order valence-corrected chi connectivity index (χ3v) is 2.16. The molecule has 0 amide bonds. The van der Waals surface area contributed by atoms with Gasteiger partial charge in [0.2, 0.25) is 0 Å². The van der Waals surface area contributed by atoms with Crippen LogP contribution in [0, 0.1) is 0 Å². The summed E-state index contributed by atoms with van der Waals surface area (Å²) in [7, 11) is -2.26. The van der Waals surface area contributed by atoms with Crippen LogP contribution in [0.1, 0.15) is 0 Å². The number of nitrogens with zero attached hydrogens (tertiary/aromatic N) is 2. The lowest BCUT2D eigenvalue weighted by molar-refractivity contribution is -0.482. The molecule has 0 aromatic rings. The summed E-state index contributed by atoms with van der Waals surface area (Å²) < 4.78 is 31.9. The number of likely N-dealkylation sites (N-methyl/N-ethyl adjacent to an activating group) is 1. The monoisotopic (exact) mass is 165 g/mol. The summed E-state index contributed by atoms with van der Waals surface area (Å²) in [6.45, 7) is 0.953. The highest BCUT2D eigenvalue weighted by Crippen LogP contribution is 1.97. The largest absolute Gasteiger partial charge is 0.434 e. The molecular weight excluding hydrogens is 156 g/mol. The Labute approximate surface area is 59.5 Å². The first-order valence-electron chi connectivity index (χ1n) is 2.79. The van der Waals surface area contributed by atoms with Crippen molar-refractivity contribution in [3.63, 3.8) is 0 Å². The van der Waals surface area contributed by atoms with E-state index in [1.165, 1.54) is 6.34 Å². The Morgan fingerprint density at radius 2 is 2.30 bits per heavy atom. The van der Waals surface area contributed by atoms with E-state index in [4.69, 9.17) is 4.55 Å². The molecule has 1 N–H and O–H groups in total. The fourth-order valence-corrected chi connectivity index (χ4v) is 1.36. The van der Waals surface area contributed by atoms with Crippen LogP contribution < -0.4 is 0 Å². The van der Waals surface area contributed by atoms with E-state index in [0.29, 0.717) is 13.1 Å². The summed E-state index contributed by atoms with van der Waals surface area (Å²) in [5.74, 6) is 0. The van der Waals surface area contributed by atoms with Gasteiger partial charge in [0.25, 0.3) is 6.34 Å². The molecule has 6 heteroatoms. The molecule has 0 atom stereocenters. The fourth-order valence-electron chi connectivity index (χ4n) is 0.767. The van der Waals surface area contributed by atoms with E-state index >= 15 is 0 Å². The quantitative estimate of drug-likeness (QED) is 0.391. The van der Waals surface area contributed by atoms with Crippen LogP contribution in [-0.2, 0) is 10.3 Å². The molecule has 0 aromatic carbocycles. The zero-order valence-electron chi connectivity index (χ0n) is 5.56. The van der Waals surface area contributed by atoms with Gasteiger partial charge in [-0.25, -0.2) is 0 Å². The van der Waals surface area contributed by atoms with Crippen molar-refractivity contribution in [1.29, 1.82) is 0 Å². The number of hydrogen-bond donors (Lipinski definition) is 1. The van der Waals surface area contributed by atoms with Gasteiger partial charge < -0.3 is 0 Å². The van der Waals surface area contributed by atoms with Crippen LogP contribution in [0.15, 0.2) is 0 Å². The molecule has 0 unspecified atom stereocenters. The van der Waals surface area contributed by atoms with Gasteiger partial charge in [-0.15, -0.1) is 4.31 Å². The zero-order chi connectivity index (χ0) is 7.78. The number of hydrogen-bond acceptors (Lipinski definition) is 2. The highest BCUT2D eigenvalue weighted by molar-refractivity contribution is 7.83. The van der Waals surface area contributed by atoms with Gasteiger partial charge in [0.15, 0.2) is 0 Å². The highest BCUT2D eigenvalue weighted by Gasteiger charge is 2.27. The van der Waals surface area contributed by atoms with Crippen molar-refractivity contribution in [2.75, 3.05) is 20.1 Å². The van der Waals surface area contributed by atoms with E-state index in [0.717, 1.165) is 4.31 Å². The van der Waals surface area contributed by atoms with Gasteiger partial charge in [-0.1, -0.05) is 0 Å². The van der Waals surface area contributed by atoms with E-state index in [-0.39, 0.29) is 0 Å². The second-order valence-electron chi connectivity index (χ2n) is 2.18. The van der Waals surface area contributed by atoms with Crippen LogP contribution in [0.4, 0.5) is 0 Å². The minimum Gasteiger partial charge on any atom is -0.266 e. The van der Waals surface area contributed by atoms with Crippen LogP contribution in [0.3, 0.4) is 0 Å². The van der Waals surface area contributed by atoms with E-state index in [1.807, 2.05) is 0 Å². The van der Waals surface area contributed by atoms with Crippen molar-refractivity contribution in [1.82, 2.24) is 4.31 Å². The van der Waals surface area contributed by atoms with E-state index < -0.39 is 10.3 Å². The second kappa shape index (κ2) is 2.21. The molecule has 10 heavy (non-hydrogen) atoms. The lowest BCUT2D eigenvalue weighted by atomic mass is 10.7. The Bertz CT molecular complexity index is 256. The van der Waals surface area contributed by atoms with Gasteiger partial charge in [0, 0.05) is 0 Å². The van der Waals surface area contributed by atoms with Crippen molar-refractivity contribution in [2.45, 2.75) is 0 Å². The molecule has 1 aliphatic heterocycles. The van der Waals surface area contributed by atoms with E-state index in [1.54, 1.807) is 11.6 Å². The average Bonchev–Trinajstić information content (AvgIpc) is 2.11. The molecule has 5 nitrogen and oxygen atoms in total. The summed E-state index contributed by atoms with van der Waals surface area (Å²) >= 11 is 0. The minimum absolute atomic E-state index is 0.329. The first-order valence-corrected chi connectivity index (χ1v) is 4.19. The van der Waals surface area contributed by atoms with Crippen LogP contribution in [0.5, 0.6) is 0 Å². The summed E-state index contributed by atoms with van der Waals surface area (Å²) in [6.07, 6.45) is 1.36. The van der Waals surface area contributed by atoms with Gasteiger partial charge in [-0.2, -0.15) is 8.42 Å². The second-order valence-corrected chi connectivity index (χ2v) is 3.55. The first kappa shape index (κ1) is 7.49. The molecule has 58 valence electrons. The van der Waals surface area contributed by atoms with Crippen LogP contribution in [0.2, 0.25) is 0 Å². The Balaban J connectivity index is 2.81. The van der Waals surface area contributed by atoms with Crippen molar-refractivity contribution < 1.29 is 17.5 Å². The predicted octanol–water partition coefficient (Wildman–Crippen LogP) is -1.22. The molecule has 0 saturated carbocycles. The Hall–Kier alpha value is -0.620. The third-order valence-electron chi connectivity index (χ3n) is 1.30. The van der Waals surface area contributed by atoms with E-state index in [2.05, 4.69) is 0 Å². The highest BCUT2D eigenvalue weighted by atomic mass is 32.2. The first-order chi connectivity index (χ1) is 4.50. The van der Waals surface area contributed by atoms with Crippen LogP contribution in [-0.4, -0.2) is 48.3 Å². The normalized spacial score (nSPS) is 19.4. The maximum atomic E-state index is 10.4.